The molecular formula is C9H12N4S. The normalized spacial score (nSPS) is 10.7. The third-order valence-corrected chi connectivity index (χ3v) is 2.94. The maximum Gasteiger partial charge on any atom is 0.182 e. The van der Waals surface area contributed by atoms with Crippen molar-refractivity contribution in [1.82, 2.24) is 15.2 Å². The van der Waals surface area contributed by atoms with E-state index in [2.05, 4.69) is 15.2 Å². The summed E-state index contributed by atoms with van der Waals surface area (Å²) >= 11 is 1.70. The maximum atomic E-state index is 5.53. The molecule has 0 radical (unpaired) electrons. The van der Waals surface area contributed by atoms with E-state index in [1.165, 1.54) is 4.88 Å². The molecule has 4 nitrogen and oxygen atoms in total. The Morgan fingerprint density at radius 1 is 1.57 bits per heavy atom. The first-order valence-corrected chi connectivity index (χ1v) is 5.35. The zero-order chi connectivity index (χ0) is 9.97. The van der Waals surface area contributed by atoms with Gasteiger partial charge in [-0.2, -0.15) is 5.10 Å². The SMILES string of the molecule is Cc1nc(-c2ccsc2CCN)n[nH]1. The van der Waals surface area contributed by atoms with Crippen LogP contribution < -0.4 is 5.73 Å². The van der Waals surface area contributed by atoms with E-state index in [0.717, 1.165) is 23.6 Å². The monoisotopic (exact) mass is 208 g/mol. The lowest BCUT2D eigenvalue weighted by Gasteiger charge is -1.96. The van der Waals surface area contributed by atoms with E-state index in [9.17, 15) is 0 Å². The molecule has 0 aromatic carbocycles. The van der Waals surface area contributed by atoms with Crippen LogP contribution >= 0.6 is 11.3 Å². The first-order valence-electron chi connectivity index (χ1n) is 4.47. The van der Waals surface area contributed by atoms with Crippen molar-refractivity contribution in [3.8, 4) is 11.4 Å². The van der Waals surface area contributed by atoms with Gasteiger partial charge in [-0.25, -0.2) is 4.98 Å². The minimum atomic E-state index is 0.664. The van der Waals surface area contributed by atoms with Gasteiger partial charge in [0.15, 0.2) is 5.82 Å². The predicted octanol–water partition coefficient (Wildman–Crippen LogP) is 1.34. The number of H-pyrrole nitrogens is 1. The molecule has 0 bridgehead atoms. The van der Waals surface area contributed by atoms with Gasteiger partial charge in [-0.3, -0.25) is 5.10 Å². The van der Waals surface area contributed by atoms with E-state index >= 15 is 0 Å². The summed E-state index contributed by atoms with van der Waals surface area (Å²) < 4.78 is 0. The van der Waals surface area contributed by atoms with Crippen molar-refractivity contribution in [1.29, 1.82) is 0 Å². The summed E-state index contributed by atoms with van der Waals surface area (Å²) in [6.07, 6.45) is 0.889. The summed E-state index contributed by atoms with van der Waals surface area (Å²) in [5, 5.41) is 9.02. The Bertz CT molecular complexity index is 418. The zero-order valence-corrected chi connectivity index (χ0v) is 8.77. The minimum absolute atomic E-state index is 0.664. The summed E-state index contributed by atoms with van der Waals surface area (Å²) in [4.78, 5) is 5.55. The average Bonchev–Trinajstić information content (AvgIpc) is 2.74. The van der Waals surface area contributed by atoms with Crippen LogP contribution in [-0.4, -0.2) is 21.7 Å². The Balaban J connectivity index is 2.36. The number of thiophene rings is 1. The van der Waals surface area contributed by atoms with Gasteiger partial charge in [0.2, 0.25) is 0 Å². The number of aromatic amines is 1. The van der Waals surface area contributed by atoms with Gasteiger partial charge in [0.05, 0.1) is 0 Å². The lowest BCUT2D eigenvalue weighted by Crippen LogP contribution is -2.02. The second kappa shape index (κ2) is 3.89. The third kappa shape index (κ3) is 1.69. The third-order valence-electron chi connectivity index (χ3n) is 1.95. The topological polar surface area (TPSA) is 67.6 Å². The highest BCUT2D eigenvalue weighted by Crippen LogP contribution is 2.25. The number of nitrogens with two attached hydrogens (primary N) is 1. The highest BCUT2D eigenvalue weighted by molar-refractivity contribution is 7.10. The fraction of sp³-hybridized carbons (Fsp3) is 0.333. The molecule has 0 unspecified atom stereocenters. The lowest BCUT2D eigenvalue weighted by molar-refractivity contribution is 0.986. The van der Waals surface area contributed by atoms with Crippen LogP contribution in [0.4, 0.5) is 0 Å². The van der Waals surface area contributed by atoms with E-state index in [0.29, 0.717) is 6.54 Å². The first kappa shape index (κ1) is 9.36. The van der Waals surface area contributed by atoms with Gasteiger partial charge in [-0.1, -0.05) is 0 Å². The number of hydrogen-bond acceptors (Lipinski definition) is 4. The Hall–Kier alpha value is -1.20. The maximum absolute atomic E-state index is 5.53. The van der Waals surface area contributed by atoms with Gasteiger partial charge in [-0.05, 0) is 31.3 Å². The van der Waals surface area contributed by atoms with Crippen molar-refractivity contribution in [3.63, 3.8) is 0 Å². The van der Waals surface area contributed by atoms with Crippen LogP contribution in [0.2, 0.25) is 0 Å². The highest BCUT2D eigenvalue weighted by atomic mass is 32.1. The van der Waals surface area contributed by atoms with Crippen molar-refractivity contribution < 1.29 is 0 Å². The van der Waals surface area contributed by atoms with Gasteiger partial charge in [0.1, 0.15) is 5.82 Å². The molecule has 2 aromatic heterocycles. The second-order valence-electron chi connectivity index (χ2n) is 3.04. The van der Waals surface area contributed by atoms with Crippen LogP contribution in [0.15, 0.2) is 11.4 Å². The average molecular weight is 208 g/mol. The van der Waals surface area contributed by atoms with Crippen LogP contribution in [0.5, 0.6) is 0 Å². The summed E-state index contributed by atoms with van der Waals surface area (Å²) in [7, 11) is 0. The molecule has 0 aliphatic heterocycles. The molecule has 0 spiro atoms. The number of hydrogen-bond donors (Lipinski definition) is 2. The van der Waals surface area contributed by atoms with Gasteiger partial charge in [0, 0.05) is 10.4 Å². The minimum Gasteiger partial charge on any atom is -0.330 e. The standard InChI is InChI=1S/C9H12N4S/c1-6-11-9(13-12-6)7-3-5-14-8(7)2-4-10/h3,5H,2,4,10H2,1H3,(H,11,12,13). The Morgan fingerprint density at radius 3 is 3.07 bits per heavy atom. The van der Waals surface area contributed by atoms with Crippen molar-refractivity contribution in [3.05, 3.63) is 22.1 Å². The summed E-state index contributed by atoms with van der Waals surface area (Å²) in [5.74, 6) is 1.61. The molecule has 0 aliphatic rings. The van der Waals surface area contributed by atoms with Gasteiger partial charge in [-0.15, -0.1) is 11.3 Å². The first-order chi connectivity index (χ1) is 6.81. The molecule has 0 fully saturated rings. The number of nitrogens with one attached hydrogen (secondary N) is 1. The zero-order valence-electron chi connectivity index (χ0n) is 7.95. The van der Waals surface area contributed by atoms with Crippen LogP contribution in [0.25, 0.3) is 11.4 Å². The molecule has 3 N–H and O–H groups in total. The molecule has 2 aromatic rings. The van der Waals surface area contributed by atoms with Crippen LogP contribution in [0, 0.1) is 6.92 Å². The fourth-order valence-electron chi connectivity index (χ4n) is 1.33. The Morgan fingerprint density at radius 2 is 2.43 bits per heavy atom. The van der Waals surface area contributed by atoms with Crippen LogP contribution in [0.1, 0.15) is 10.7 Å². The summed E-state index contributed by atoms with van der Waals surface area (Å²) in [5.41, 5.74) is 6.63. The molecule has 0 aliphatic carbocycles. The highest BCUT2D eigenvalue weighted by Gasteiger charge is 2.09. The molecule has 2 heterocycles. The predicted molar refractivity (Wildman–Crippen MR) is 57.2 cm³/mol. The fourth-order valence-corrected chi connectivity index (χ4v) is 2.22. The molecular weight excluding hydrogens is 196 g/mol. The van der Waals surface area contributed by atoms with Crippen LogP contribution in [-0.2, 0) is 6.42 Å². The van der Waals surface area contributed by atoms with Crippen LogP contribution in [0.3, 0.4) is 0 Å². The summed E-state index contributed by atoms with van der Waals surface area (Å²) in [6, 6.07) is 2.04. The molecule has 74 valence electrons. The van der Waals surface area contributed by atoms with E-state index in [1.54, 1.807) is 11.3 Å². The molecule has 0 saturated carbocycles. The second-order valence-corrected chi connectivity index (χ2v) is 4.04. The van der Waals surface area contributed by atoms with Crippen molar-refractivity contribution >= 4 is 11.3 Å². The smallest absolute Gasteiger partial charge is 0.182 e. The quantitative estimate of drug-likeness (QED) is 0.800. The number of aryl methyl sites for hydroxylation is 1. The lowest BCUT2D eigenvalue weighted by atomic mass is 10.2. The Kier molecular flexibility index (Phi) is 2.60. The van der Waals surface area contributed by atoms with Gasteiger partial charge >= 0.3 is 0 Å². The van der Waals surface area contributed by atoms with E-state index < -0.39 is 0 Å². The van der Waals surface area contributed by atoms with Crippen molar-refractivity contribution in [2.45, 2.75) is 13.3 Å². The molecule has 0 amide bonds. The Labute approximate surface area is 86.2 Å². The number of nitrogens with zero attached hydrogens (tertiary/aromatic N) is 2. The number of aromatic nitrogens is 3. The molecule has 14 heavy (non-hydrogen) atoms. The van der Waals surface area contributed by atoms with Crippen molar-refractivity contribution in [2.24, 2.45) is 5.73 Å². The molecule has 0 saturated heterocycles. The van der Waals surface area contributed by atoms with E-state index in [4.69, 9.17) is 5.73 Å². The number of rotatable bonds is 3. The summed E-state index contributed by atoms with van der Waals surface area (Å²) in [6.45, 7) is 2.56. The van der Waals surface area contributed by atoms with E-state index in [1.807, 2.05) is 18.4 Å². The molecule has 2 rings (SSSR count). The van der Waals surface area contributed by atoms with Gasteiger partial charge < -0.3 is 5.73 Å². The van der Waals surface area contributed by atoms with Gasteiger partial charge in [0.25, 0.3) is 0 Å². The molecule has 5 heteroatoms. The largest absolute Gasteiger partial charge is 0.330 e. The van der Waals surface area contributed by atoms with Crippen molar-refractivity contribution in [2.75, 3.05) is 6.54 Å². The van der Waals surface area contributed by atoms with E-state index in [-0.39, 0.29) is 0 Å². The molecule has 0 atom stereocenters.